The van der Waals surface area contributed by atoms with E-state index in [9.17, 15) is 9.90 Å². The Balaban J connectivity index is 2.14. The van der Waals surface area contributed by atoms with E-state index in [2.05, 4.69) is 4.98 Å². The summed E-state index contributed by atoms with van der Waals surface area (Å²) < 4.78 is 0. The Morgan fingerprint density at radius 2 is 2.12 bits per heavy atom. The number of hydrogen-bond donors (Lipinski definition) is 2. The van der Waals surface area contributed by atoms with Crippen molar-refractivity contribution in [1.29, 1.82) is 0 Å². The number of aliphatic hydroxyl groups is 1. The molecule has 1 fully saturated rings. The van der Waals surface area contributed by atoms with Crippen molar-refractivity contribution in [2.24, 2.45) is 0 Å². The van der Waals surface area contributed by atoms with Gasteiger partial charge in [-0.15, -0.1) is 0 Å². The van der Waals surface area contributed by atoms with Crippen LogP contribution < -0.4 is 5.73 Å². The summed E-state index contributed by atoms with van der Waals surface area (Å²) in [6.07, 6.45) is 0.922. The minimum Gasteiger partial charge on any atom is -0.393 e. The van der Waals surface area contributed by atoms with Crippen LogP contribution in [-0.4, -0.2) is 40.1 Å². The number of anilines is 1. The summed E-state index contributed by atoms with van der Waals surface area (Å²) in [5.74, 6) is 0.116. The Bertz CT molecular complexity index is 410. The van der Waals surface area contributed by atoms with Crippen LogP contribution in [0.3, 0.4) is 0 Å². The molecule has 0 radical (unpaired) electrons. The number of halogens is 1. The number of piperidine rings is 1. The number of nitrogens with zero attached hydrogens (tertiary/aromatic N) is 2. The molecule has 1 aromatic rings. The number of aromatic nitrogens is 1. The average Bonchev–Trinajstić information content (AvgIpc) is 2.28. The first-order valence-electron chi connectivity index (χ1n) is 5.46. The van der Waals surface area contributed by atoms with E-state index in [1.165, 1.54) is 12.1 Å². The lowest BCUT2D eigenvalue weighted by Gasteiger charge is -2.29. The first kappa shape index (κ1) is 12.1. The van der Waals surface area contributed by atoms with Crippen molar-refractivity contribution in [1.82, 2.24) is 9.88 Å². The van der Waals surface area contributed by atoms with E-state index >= 15 is 0 Å². The summed E-state index contributed by atoms with van der Waals surface area (Å²) in [6, 6.07) is 3.02. The molecule has 17 heavy (non-hydrogen) atoms. The van der Waals surface area contributed by atoms with Gasteiger partial charge in [-0.25, -0.2) is 4.98 Å². The monoisotopic (exact) mass is 255 g/mol. The molecule has 6 heteroatoms. The Morgan fingerprint density at radius 3 is 2.71 bits per heavy atom. The molecule has 0 spiro atoms. The van der Waals surface area contributed by atoms with Crippen LogP contribution >= 0.6 is 11.6 Å². The number of likely N-dealkylation sites (tertiary alicyclic amines) is 1. The molecule has 2 rings (SSSR count). The summed E-state index contributed by atoms with van der Waals surface area (Å²) in [6.45, 7) is 1.11. The molecule has 92 valence electrons. The summed E-state index contributed by atoms with van der Waals surface area (Å²) in [4.78, 5) is 17.6. The molecule has 5 nitrogen and oxygen atoms in total. The van der Waals surface area contributed by atoms with Crippen LogP contribution in [0, 0.1) is 0 Å². The number of carbonyl (C=O) groups excluding carboxylic acids is 1. The van der Waals surface area contributed by atoms with Gasteiger partial charge in [0.05, 0.1) is 6.10 Å². The zero-order chi connectivity index (χ0) is 12.4. The highest BCUT2D eigenvalue weighted by Crippen LogP contribution is 2.17. The summed E-state index contributed by atoms with van der Waals surface area (Å²) in [7, 11) is 0. The first-order chi connectivity index (χ1) is 8.06. The Hall–Kier alpha value is -1.33. The number of nitrogens with two attached hydrogens (primary N) is 1. The van der Waals surface area contributed by atoms with Crippen LogP contribution in [0.15, 0.2) is 12.1 Å². The third-order valence-corrected chi connectivity index (χ3v) is 3.01. The minimum atomic E-state index is -0.301. The van der Waals surface area contributed by atoms with Crippen molar-refractivity contribution in [3.05, 3.63) is 22.8 Å². The van der Waals surface area contributed by atoms with Gasteiger partial charge in [0.2, 0.25) is 0 Å². The van der Waals surface area contributed by atoms with Gasteiger partial charge in [-0.3, -0.25) is 4.79 Å². The molecule has 0 unspecified atom stereocenters. The highest BCUT2D eigenvalue weighted by atomic mass is 35.5. The van der Waals surface area contributed by atoms with Gasteiger partial charge in [-0.2, -0.15) is 0 Å². The molecule has 0 aliphatic carbocycles. The minimum absolute atomic E-state index is 0.118. The molecule has 0 aromatic carbocycles. The van der Waals surface area contributed by atoms with Gasteiger partial charge in [0.1, 0.15) is 11.0 Å². The number of amides is 1. The van der Waals surface area contributed by atoms with Crippen molar-refractivity contribution >= 4 is 23.3 Å². The molecule has 1 saturated heterocycles. The maximum Gasteiger partial charge on any atom is 0.254 e. The van der Waals surface area contributed by atoms with Crippen molar-refractivity contribution in [3.8, 4) is 0 Å². The predicted molar refractivity (Wildman–Crippen MR) is 64.8 cm³/mol. The maximum atomic E-state index is 12.1. The van der Waals surface area contributed by atoms with Crippen LogP contribution in [0.1, 0.15) is 23.2 Å². The van der Waals surface area contributed by atoms with Crippen LogP contribution in [-0.2, 0) is 0 Å². The lowest BCUT2D eigenvalue weighted by Crippen LogP contribution is -2.40. The smallest absolute Gasteiger partial charge is 0.254 e. The molecular weight excluding hydrogens is 242 g/mol. The Labute approximate surface area is 104 Å². The highest BCUT2D eigenvalue weighted by Gasteiger charge is 2.22. The number of hydrogen-bond acceptors (Lipinski definition) is 4. The van der Waals surface area contributed by atoms with Gasteiger partial charge in [-0.1, -0.05) is 11.6 Å². The molecule has 0 bridgehead atoms. The van der Waals surface area contributed by atoms with Gasteiger partial charge in [0.15, 0.2) is 0 Å². The van der Waals surface area contributed by atoms with Crippen LogP contribution in [0.2, 0.25) is 5.15 Å². The van der Waals surface area contributed by atoms with Crippen LogP contribution in [0.25, 0.3) is 0 Å². The largest absolute Gasteiger partial charge is 0.393 e. The molecule has 0 atom stereocenters. The van der Waals surface area contributed by atoms with E-state index in [0.29, 0.717) is 31.5 Å². The Kier molecular flexibility index (Phi) is 3.49. The van der Waals surface area contributed by atoms with Gasteiger partial charge in [0, 0.05) is 18.7 Å². The van der Waals surface area contributed by atoms with Crippen molar-refractivity contribution < 1.29 is 9.90 Å². The molecule has 1 aliphatic rings. The van der Waals surface area contributed by atoms with E-state index in [1.54, 1.807) is 4.90 Å². The zero-order valence-electron chi connectivity index (χ0n) is 9.27. The van der Waals surface area contributed by atoms with E-state index in [0.717, 1.165) is 0 Å². The van der Waals surface area contributed by atoms with Gasteiger partial charge in [-0.05, 0) is 25.0 Å². The van der Waals surface area contributed by atoms with Crippen molar-refractivity contribution in [2.75, 3.05) is 18.8 Å². The summed E-state index contributed by atoms with van der Waals surface area (Å²) >= 11 is 5.75. The number of rotatable bonds is 1. The highest BCUT2D eigenvalue weighted by molar-refractivity contribution is 6.29. The lowest BCUT2D eigenvalue weighted by atomic mass is 10.1. The maximum absolute atomic E-state index is 12.1. The lowest BCUT2D eigenvalue weighted by molar-refractivity contribution is 0.0546. The molecule has 1 aliphatic heterocycles. The molecule has 3 N–H and O–H groups in total. The fourth-order valence-corrected chi connectivity index (χ4v) is 2.11. The molecule has 1 amide bonds. The molecule has 0 saturated carbocycles. The average molecular weight is 256 g/mol. The summed E-state index contributed by atoms with van der Waals surface area (Å²) in [5, 5.41) is 9.59. The van der Waals surface area contributed by atoms with Gasteiger partial charge >= 0.3 is 0 Å². The quantitative estimate of drug-likeness (QED) is 0.731. The number of pyridine rings is 1. The Morgan fingerprint density at radius 1 is 1.47 bits per heavy atom. The number of aliphatic hydroxyl groups excluding tert-OH is 1. The topological polar surface area (TPSA) is 79.5 Å². The third-order valence-electron chi connectivity index (χ3n) is 2.81. The fourth-order valence-electron chi connectivity index (χ4n) is 1.89. The van der Waals surface area contributed by atoms with E-state index in [-0.39, 0.29) is 23.0 Å². The van der Waals surface area contributed by atoms with Crippen LogP contribution in [0.4, 0.5) is 5.82 Å². The second-order valence-corrected chi connectivity index (χ2v) is 4.51. The predicted octanol–water partition coefficient (Wildman–Crippen LogP) is 0.914. The standard InChI is InChI=1S/C11H14ClN3O2/c12-9-5-7(6-10(13)14-9)11(17)15-3-1-8(16)2-4-15/h5-6,8,16H,1-4H2,(H2,13,14). The SMILES string of the molecule is Nc1cc(C(=O)N2CCC(O)CC2)cc(Cl)n1. The molecule has 2 heterocycles. The third kappa shape index (κ3) is 2.87. The second-order valence-electron chi connectivity index (χ2n) is 4.13. The van der Waals surface area contributed by atoms with Gasteiger partial charge in [0.25, 0.3) is 5.91 Å². The first-order valence-corrected chi connectivity index (χ1v) is 5.84. The zero-order valence-corrected chi connectivity index (χ0v) is 10.0. The van der Waals surface area contributed by atoms with E-state index in [4.69, 9.17) is 17.3 Å². The molecular formula is C11H14ClN3O2. The fraction of sp³-hybridized carbons (Fsp3) is 0.455. The van der Waals surface area contributed by atoms with E-state index in [1.807, 2.05) is 0 Å². The normalized spacial score (nSPS) is 17.2. The van der Waals surface area contributed by atoms with Gasteiger partial charge < -0.3 is 15.7 Å². The number of nitrogen functional groups attached to an aromatic ring is 1. The van der Waals surface area contributed by atoms with Crippen LogP contribution in [0.5, 0.6) is 0 Å². The number of carbonyl (C=O) groups is 1. The second kappa shape index (κ2) is 4.89. The van der Waals surface area contributed by atoms with Crippen molar-refractivity contribution in [2.45, 2.75) is 18.9 Å². The molecule has 1 aromatic heterocycles. The van der Waals surface area contributed by atoms with E-state index < -0.39 is 0 Å². The van der Waals surface area contributed by atoms with Crippen molar-refractivity contribution in [3.63, 3.8) is 0 Å². The summed E-state index contributed by atoms with van der Waals surface area (Å²) in [5.41, 5.74) is 5.99.